The number of aliphatic hydroxyl groups is 1. The molecule has 4 amide bonds. The van der Waals surface area contributed by atoms with Crippen molar-refractivity contribution in [3.05, 3.63) is 130 Å². The molecule has 4 aliphatic heterocycles. The number of amides is 4. The Morgan fingerprint density at radius 1 is 0.809 bits per heavy atom. The van der Waals surface area contributed by atoms with E-state index >= 15 is 0 Å². The largest absolute Gasteiger partial charge is 0.456 e. The van der Waals surface area contributed by atoms with Crippen LogP contribution in [0.2, 0.25) is 0 Å². The third-order valence-electron chi connectivity index (χ3n) is 12.7. The van der Waals surface area contributed by atoms with Crippen molar-refractivity contribution in [1.29, 1.82) is 0 Å². The summed E-state index contributed by atoms with van der Waals surface area (Å²) in [5.41, 5.74) is 1.14. The van der Waals surface area contributed by atoms with E-state index in [-0.39, 0.29) is 67.4 Å². The van der Waals surface area contributed by atoms with Gasteiger partial charge in [-0.1, -0.05) is 6.92 Å². The zero-order chi connectivity index (χ0) is 49.0. The Balaban J connectivity index is 1.04. The van der Waals surface area contributed by atoms with E-state index in [4.69, 9.17) is 14.2 Å². The van der Waals surface area contributed by atoms with Gasteiger partial charge in [-0.2, -0.15) is 0 Å². The van der Waals surface area contributed by atoms with Crippen molar-refractivity contribution in [3.8, 4) is 0 Å². The van der Waals surface area contributed by atoms with Crippen LogP contribution in [0.5, 0.6) is 0 Å². The quantitative estimate of drug-likeness (QED) is 0.0571. The SMILES string of the molecule is C[C@@H](O)[C@H]1C(=O)N2C(C(=O)OCc3ccc([N+](=O)[O-])cc3)=C(S[C@H]3C[C@@H](C(=O)N4CC[C@H](CCN(C)C(=O)OCc5ccc([N+](=O)[O-])cc5)C4)N(C(=O)OCc4ccc([N+](=O)[O-])cc4)C3)[C@H](C)[C@H]12. The number of thioether (sulfide) groups is 1. The van der Waals surface area contributed by atoms with Crippen LogP contribution >= 0.6 is 11.8 Å². The van der Waals surface area contributed by atoms with E-state index in [1.807, 2.05) is 6.92 Å². The number of nitro benzene ring substituents is 3. The van der Waals surface area contributed by atoms with Crippen molar-refractivity contribution in [2.24, 2.45) is 17.8 Å². The number of ether oxygens (including phenoxy) is 3. The van der Waals surface area contributed by atoms with E-state index in [1.165, 1.54) is 106 Å². The van der Waals surface area contributed by atoms with E-state index < -0.39 is 74.1 Å². The van der Waals surface area contributed by atoms with Gasteiger partial charge >= 0.3 is 18.2 Å². The highest BCUT2D eigenvalue weighted by atomic mass is 32.2. The molecular formula is C45H49N7O15S. The summed E-state index contributed by atoms with van der Waals surface area (Å²) in [6.45, 7) is 3.80. The summed E-state index contributed by atoms with van der Waals surface area (Å²) in [6, 6.07) is 15.0. The Morgan fingerprint density at radius 2 is 1.32 bits per heavy atom. The second-order valence-electron chi connectivity index (χ2n) is 17.2. The van der Waals surface area contributed by atoms with E-state index in [0.29, 0.717) is 54.1 Å². The van der Waals surface area contributed by atoms with Crippen LogP contribution in [0, 0.1) is 48.1 Å². The van der Waals surface area contributed by atoms with Crippen LogP contribution in [0.4, 0.5) is 26.7 Å². The number of hydrogen-bond acceptors (Lipinski definition) is 16. The first-order valence-corrected chi connectivity index (χ1v) is 22.7. The molecule has 0 radical (unpaired) electrons. The summed E-state index contributed by atoms with van der Waals surface area (Å²) in [4.78, 5) is 106. The molecule has 3 aromatic rings. The van der Waals surface area contributed by atoms with E-state index in [2.05, 4.69) is 0 Å². The predicted octanol–water partition coefficient (Wildman–Crippen LogP) is 5.54. The number of aliphatic hydroxyl groups excluding tert-OH is 1. The molecule has 0 bridgehead atoms. The molecule has 23 heteroatoms. The Morgan fingerprint density at radius 3 is 1.84 bits per heavy atom. The summed E-state index contributed by atoms with van der Waals surface area (Å²) >= 11 is 1.24. The molecule has 1 N–H and O–H groups in total. The molecule has 4 heterocycles. The number of nitrogens with zero attached hydrogens (tertiary/aromatic N) is 7. The summed E-state index contributed by atoms with van der Waals surface area (Å²) < 4.78 is 16.7. The molecule has 0 spiro atoms. The fraction of sp³-hybridized carbons (Fsp3) is 0.444. The normalized spacial score (nSPS) is 22.3. The van der Waals surface area contributed by atoms with Gasteiger partial charge in [-0.15, -0.1) is 11.8 Å². The van der Waals surface area contributed by atoms with Crippen molar-refractivity contribution in [2.45, 2.75) is 76.4 Å². The van der Waals surface area contributed by atoms with Gasteiger partial charge in [0.15, 0.2) is 0 Å². The summed E-state index contributed by atoms with van der Waals surface area (Å²) in [6.07, 6.45) is -1.11. The molecule has 7 rings (SSSR count). The summed E-state index contributed by atoms with van der Waals surface area (Å²) in [5.74, 6) is -2.85. The molecule has 3 aromatic carbocycles. The Kier molecular flexibility index (Phi) is 14.9. The van der Waals surface area contributed by atoms with Gasteiger partial charge in [0.1, 0.15) is 31.6 Å². The Labute approximate surface area is 393 Å². The lowest BCUT2D eigenvalue weighted by Gasteiger charge is -2.46. The van der Waals surface area contributed by atoms with E-state index in [0.717, 1.165) is 0 Å². The van der Waals surface area contributed by atoms with Crippen molar-refractivity contribution >= 4 is 58.8 Å². The number of likely N-dealkylation sites (tertiary alicyclic amines) is 2. The van der Waals surface area contributed by atoms with E-state index in [1.54, 1.807) is 11.9 Å². The topological polar surface area (TPSA) is 276 Å². The van der Waals surface area contributed by atoms with Crippen LogP contribution in [0.15, 0.2) is 83.4 Å². The molecule has 7 atom stereocenters. The minimum absolute atomic E-state index is 0.00397. The van der Waals surface area contributed by atoms with Gasteiger partial charge in [-0.25, -0.2) is 14.4 Å². The number of benzene rings is 3. The van der Waals surface area contributed by atoms with Gasteiger partial charge in [-0.05, 0) is 85.2 Å². The number of β-lactam (4-membered cyclic amide) rings is 1. The minimum Gasteiger partial charge on any atom is -0.456 e. The number of nitro groups is 3. The molecule has 0 aliphatic carbocycles. The number of hydrogen-bond donors (Lipinski definition) is 1. The van der Waals surface area contributed by atoms with Gasteiger partial charge in [0.25, 0.3) is 17.1 Å². The van der Waals surface area contributed by atoms with Crippen LogP contribution in [0.1, 0.15) is 49.8 Å². The highest BCUT2D eigenvalue weighted by Gasteiger charge is 2.61. The standard InChI is InChI=1S/C45H49N7O15S/c1-26-38-37(27(2)53)42(55)49(38)39(43(56)65-23-29-4-10-32(11-5-29)50(59)60)40(26)68-35-20-36(48(22-35)45(58)67-25-31-8-14-34(15-9-31)52(63)64)41(54)47-19-17-28(21-47)16-18-46(3)44(57)66-24-30-6-12-33(13-7-30)51(61)62/h4-15,26-28,35-38,53H,16-25H2,1-3H3/t26-,27-,28+,35+,36+,37-,38-/m1/s1. The average Bonchev–Trinajstić information content (AvgIpc) is 4.04. The molecule has 3 fully saturated rings. The number of rotatable bonds is 17. The monoisotopic (exact) mass is 959 g/mol. The first kappa shape index (κ1) is 48.8. The number of fused-ring (bicyclic) bond motifs is 1. The predicted molar refractivity (Wildman–Crippen MR) is 240 cm³/mol. The fourth-order valence-corrected chi connectivity index (χ4v) is 10.5. The van der Waals surface area contributed by atoms with Crippen molar-refractivity contribution in [1.82, 2.24) is 19.6 Å². The van der Waals surface area contributed by atoms with Crippen molar-refractivity contribution in [2.75, 3.05) is 33.2 Å². The lowest BCUT2D eigenvalue weighted by Crippen LogP contribution is -2.63. The molecule has 0 saturated carbocycles. The Hall–Kier alpha value is -7.14. The smallest absolute Gasteiger partial charge is 0.410 e. The van der Waals surface area contributed by atoms with Gasteiger partial charge in [-0.3, -0.25) is 44.8 Å². The van der Waals surface area contributed by atoms with Gasteiger partial charge in [0, 0.05) is 85.7 Å². The highest BCUT2D eigenvalue weighted by Crippen LogP contribution is 2.52. The van der Waals surface area contributed by atoms with Crippen LogP contribution < -0.4 is 0 Å². The minimum atomic E-state index is -1.02. The number of esters is 1. The number of carbonyl (C=O) groups is 5. The maximum absolute atomic E-state index is 14.5. The fourth-order valence-electron chi connectivity index (χ4n) is 8.96. The second kappa shape index (κ2) is 20.8. The third kappa shape index (κ3) is 10.7. The number of carbonyl (C=O) groups excluding carboxylic acids is 5. The lowest BCUT2D eigenvalue weighted by atomic mass is 9.79. The summed E-state index contributed by atoms with van der Waals surface area (Å²) in [5, 5.41) is 43.3. The molecule has 3 saturated heterocycles. The first-order valence-electron chi connectivity index (χ1n) is 21.8. The number of non-ortho nitro benzene ring substituents is 3. The maximum Gasteiger partial charge on any atom is 0.410 e. The van der Waals surface area contributed by atoms with Gasteiger partial charge in [0.05, 0.1) is 32.8 Å². The third-order valence-corrected chi connectivity index (χ3v) is 14.2. The highest BCUT2D eigenvalue weighted by molar-refractivity contribution is 8.03. The van der Waals surface area contributed by atoms with Gasteiger partial charge in [0.2, 0.25) is 11.8 Å². The van der Waals surface area contributed by atoms with Crippen molar-refractivity contribution < 1.29 is 58.1 Å². The average molecular weight is 960 g/mol. The molecule has 0 aromatic heterocycles. The van der Waals surface area contributed by atoms with Crippen LogP contribution in [-0.4, -0.2) is 126 Å². The molecular weight excluding hydrogens is 911 g/mol. The zero-order valence-electron chi connectivity index (χ0n) is 37.2. The van der Waals surface area contributed by atoms with Gasteiger partial charge < -0.3 is 34.0 Å². The zero-order valence-corrected chi connectivity index (χ0v) is 38.1. The second-order valence-corrected chi connectivity index (χ2v) is 18.6. The van der Waals surface area contributed by atoms with Crippen LogP contribution in [0.3, 0.4) is 0 Å². The first-order chi connectivity index (χ1) is 32.4. The molecule has 360 valence electrons. The molecule has 4 aliphatic rings. The molecule has 22 nitrogen and oxygen atoms in total. The lowest BCUT2D eigenvalue weighted by molar-refractivity contribution is -0.385. The summed E-state index contributed by atoms with van der Waals surface area (Å²) in [7, 11) is 1.58. The van der Waals surface area contributed by atoms with Crippen LogP contribution in [-0.2, 0) is 48.4 Å². The Bertz CT molecular complexity index is 2490. The molecule has 68 heavy (non-hydrogen) atoms. The van der Waals surface area contributed by atoms with Crippen LogP contribution in [0.25, 0.3) is 0 Å². The van der Waals surface area contributed by atoms with Crippen molar-refractivity contribution in [3.63, 3.8) is 0 Å². The molecule has 0 unspecified atom stereocenters. The maximum atomic E-state index is 14.5. The van der Waals surface area contributed by atoms with E-state index in [9.17, 15) is 59.4 Å².